The number of hydrogen-bond donors (Lipinski definition) is 4. The number of rotatable bonds is 18. The van der Waals surface area contributed by atoms with Gasteiger partial charge in [-0.2, -0.15) is 10.2 Å². The van der Waals surface area contributed by atoms with Gasteiger partial charge in [-0.15, -0.1) is 11.3 Å². The Morgan fingerprint density at radius 2 is 1.68 bits per heavy atom. The summed E-state index contributed by atoms with van der Waals surface area (Å²) in [4.78, 5) is 77.4. The fraction of sp³-hybridized carbons (Fsp3) is 0.536. The summed E-state index contributed by atoms with van der Waals surface area (Å²) in [5, 5.41) is 21.3. The Kier molecular flexibility index (Phi) is 17.4. The summed E-state index contributed by atoms with van der Waals surface area (Å²) in [6, 6.07) is 9.94. The van der Waals surface area contributed by atoms with Gasteiger partial charge in [-0.1, -0.05) is 45.0 Å². The number of aromatic nitrogens is 5. The zero-order valence-corrected chi connectivity index (χ0v) is 45.7. The van der Waals surface area contributed by atoms with Crippen molar-refractivity contribution in [1.29, 1.82) is 0 Å². The highest BCUT2D eigenvalue weighted by Crippen LogP contribution is 2.44. The van der Waals surface area contributed by atoms with Crippen molar-refractivity contribution >= 4 is 52.5 Å². The topological polar surface area (TPSA) is 201 Å². The van der Waals surface area contributed by atoms with E-state index in [1.165, 1.54) is 0 Å². The van der Waals surface area contributed by atoms with Crippen molar-refractivity contribution in [2.75, 3.05) is 51.3 Å². The molecule has 0 saturated carbocycles. The average Bonchev–Trinajstić information content (AvgIpc) is 4.30. The molecule has 2 fully saturated rings. The van der Waals surface area contributed by atoms with E-state index < -0.39 is 23.9 Å². The number of amides is 6. The molecular formula is C56H72F2N12O6S. The molecule has 7 heterocycles. The molecular weight excluding hydrogens is 1010 g/mol. The Bertz CT molecular complexity index is 2930. The number of halogens is 2. The summed E-state index contributed by atoms with van der Waals surface area (Å²) in [6.07, 6.45) is 6.71. The number of likely N-dealkylation sites (tertiary alicyclic amines) is 1. The number of nitrogens with one attached hydrogen (secondary N) is 4. The number of urea groups is 1. The molecule has 0 radical (unpaired) electrons. The molecule has 4 aliphatic heterocycles. The van der Waals surface area contributed by atoms with Gasteiger partial charge in [0.15, 0.2) is 5.82 Å². The lowest BCUT2D eigenvalue weighted by Crippen LogP contribution is -2.57. The number of alkyl halides is 2. The number of carbonyl (C=O) groups is 5. The number of fused-ring (bicyclic) bond motifs is 2. The van der Waals surface area contributed by atoms with Crippen molar-refractivity contribution < 1.29 is 37.5 Å². The molecule has 4 aliphatic rings. The minimum Gasteiger partial charge on any atom is -0.381 e. The first kappa shape index (κ1) is 55.0. The zero-order valence-electron chi connectivity index (χ0n) is 44.8. The van der Waals surface area contributed by atoms with E-state index in [2.05, 4.69) is 40.9 Å². The van der Waals surface area contributed by atoms with Gasteiger partial charge in [-0.05, 0) is 98.1 Å². The maximum atomic E-state index is 15.1. The van der Waals surface area contributed by atoms with E-state index in [1.54, 1.807) is 51.3 Å². The Labute approximate surface area is 452 Å². The van der Waals surface area contributed by atoms with Crippen LogP contribution in [0, 0.1) is 12.3 Å². The molecule has 3 aromatic heterocycles. The predicted molar refractivity (Wildman–Crippen MR) is 290 cm³/mol. The first-order valence-corrected chi connectivity index (χ1v) is 28.0. The van der Waals surface area contributed by atoms with Crippen LogP contribution in [0.4, 0.5) is 25.1 Å². The normalized spacial score (nSPS) is 17.2. The molecule has 2 aromatic carbocycles. The van der Waals surface area contributed by atoms with Gasteiger partial charge < -0.3 is 40.7 Å². The van der Waals surface area contributed by atoms with Gasteiger partial charge in [-0.25, -0.2) is 18.6 Å². The van der Waals surface area contributed by atoms with E-state index in [0.717, 1.165) is 57.8 Å². The van der Waals surface area contributed by atoms with Crippen LogP contribution in [-0.4, -0.2) is 123 Å². The van der Waals surface area contributed by atoms with Gasteiger partial charge in [0.25, 0.3) is 6.43 Å². The number of benzene rings is 2. The van der Waals surface area contributed by atoms with Crippen LogP contribution in [0.5, 0.6) is 0 Å². The monoisotopic (exact) mass is 1080 g/mol. The molecule has 0 bridgehead atoms. The number of hydrogen-bond acceptors (Lipinski definition) is 11. The third-order valence-corrected chi connectivity index (χ3v) is 16.3. The maximum Gasteiger partial charge on any atom is 0.317 e. The van der Waals surface area contributed by atoms with Gasteiger partial charge >= 0.3 is 6.03 Å². The number of carbonyl (C=O) groups excluding carboxylic acids is 5. The fourth-order valence-electron chi connectivity index (χ4n) is 11.1. The van der Waals surface area contributed by atoms with E-state index in [1.807, 2.05) is 63.5 Å². The van der Waals surface area contributed by atoms with Crippen molar-refractivity contribution in [2.24, 2.45) is 5.41 Å². The molecule has 412 valence electrons. The van der Waals surface area contributed by atoms with Crippen LogP contribution in [0.1, 0.15) is 125 Å². The lowest BCUT2D eigenvalue weighted by Gasteiger charge is -2.35. The second-order valence-corrected chi connectivity index (χ2v) is 22.5. The van der Waals surface area contributed by atoms with Gasteiger partial charge in [-0.3, -0.25) is 28.5 Å². The number of ether oxygens (including phenoxy) is 1. The second kappa shape index (κ2) is 24.3. The third-order valence-electron chi connectivity index (χ3n) is 15.3. The summed E-state index contributed by atoms with van der Waals surface area (Å²) >= 11 is 1.58. The standard InChI is InChI=1S/C56H72F2N12O6S/c1-35-49(77-34-62-35)37-16-14-36(15-17-37)30-61-53(73)45-11-9-23-69(45)54(74)50(56(2,3)4)64-48(72)13-7-6-12-47(71)60-21-25-67-32-39(31-63-67)41-28-38-10-8-22-68(46(38)29-42(41)51(57)58)52-43-33-66(55(75)59-5)24-18-44(43)70(65-52)40-19-26-76-27-20-40/h14-17,28-29,31-32,34,40,45,50-51H,6-13,18-27,30,33H2,1-5H3,(H,59,75)(H,60,71)(H,61,73)(H,64,72)/t45-,50+/m0/s1. The summed E-state index contributed by atoms with van der Waals surface area (Å²) in [6.45, 7) is 11.8. The largest absolute Gasteiger partial charge is 0.381 e. The van der Waals surface area contributed by atoms with E-state index in [0.29, 0.717) is 114 Å². The van der Waals surface area contributed by atoms with Crippen LogP contribution in [0.2, 0.25) is 0 Å². The number of anilines is 2. The van der Waals surface area contributed by atoms with Crippen molar-refractivity contribution in [3.63, 3.8) is 0 Å². The molecule has 6 amide bonds. The van der Waals surface area contributed by atoms with Crippen molar-refractivity contribution in [3.8, 4) is 21.6 Å². The summed E-state index contributed by atoms with van der Waals surface area (Å²) in [5.41, 5.74) is 8.67. The van der Waals surface area contributed by atoms with Crippen LogP contribution in [-0.2, 0) is 56.4 Å². The van der Waals surface area contributed by atoms with Gasteiger partial charge in [0.2, 0.25) is 23.6 Å². The number of unbranched alkanes of at least 4 members (excludes halogenated alkanes) is 1. The van der Waals surface area contributed by atoms with Crippen LogP contribution in [0.25, 0.3) is 21.6 Å². The van der Waals surface area contributed by atoms with E-state index in [4.69, 9.17) is 9.84 Å². The van der Waals surface area contributed by atoms with Gasteiger partial charge in [0.1, 0.15) is 12.1 Å². The molecule has 21 heteroatoms. The lowest BCUT2D eigenvalue weighted by atomic mass is 9.85. The summed E-state index contributed by atoms with van der Waals surface area (Å²) in [5.74, 6) is -0.302. The number of nitrogens with zero attached hydrogens (tertiary/aromatic N) is 8. The first-order chi connectivity index (χ1) is 37.1. The van der Waals surface area contributed by atoms with Gasteiger partial charge in [0.05, 0.1) is 41.4 Å². The number of thiazole rings is 1. The van der Waals surface area contributed by atoms with E-state index in [-0.39, 0.29) is 60.7 Å². The summed E-state index contributed by atoms with van der Waals surface area (Å²) < 4.78 is 39.6. The maximum absolute atomic E-state index is 15.1. The van der Waals surface area contributed by atoms with Crippen LogP contribution in [0.3, 0.4) is 0 Å². The van der Waals surface area contributed by atoms with Crippen LogP contribution >= 0.6 is 11.3 Å². The highest BCUT2D eigenvalue weighted by atomic mass is 32.1. The fourth-order valence-corrected chi connectivity index (χ4v) is 11.9. The molecule has 9 rings (SSSR count). The van der Waals surface area contributed by atoms with Crippen molar-refractivity contribution in [3.05, 3.63) is 87.9 Å². The highest BCUT2D eigenvalue weighted by Gasteiger charge is 2.42. The average molecular weight is 1080 g/mol. The highest BCUT2D eigenvalue weighted by molar-refractivity contribution is 7.13. The molecule has 4 N–H and O–H groups in total. The van der Waals surface area contributed by atoms with E-state index in [9.17, 15) is 24.0 Å². The smallest absolute Gasteiger partial charge is 0.317 e. The van der Waals surface area contributed by atoms with Crippen molar-refractivity contribution in [1.82, 2.24) is 55.6 Å². The molecule has 0 unspecified atom stereocenters. The minimum atomic E-state index is -2.77. The zero-order chi connectivity index (χ0) is 54.4. The third kappa shape index (κ3) is 12.7. The Morgan fingerprint density at radius 3 is 2.39 bits per heavy atom. The Morgan fingerprint density at radius 1 is 0.909 bits per heavy atom. The van der Waals surface area contributed by atoms with E-state index >= 15 is 8.78 Å². The molecule has 2 atom stereocenters. The Balaban J connectivity index is 0.748. The van der Waals surface area contributed by atoms with Crippen LogP contribution < -0.4 is 26.2 Å². The Hall–Kier alpha value is -6.74. The predicted octanol–water partition coefficient (Wildman–Crippen LogP) is 7.76. The van der Waals surface area contributed by atoms with Crippen molar-refractivity contribution in [2.45, 2.75) is 143 Å². The minimum absolute atomic E-state index is 0.111. The number of aryl methyl sites for hydroxylation is 2. The molecule has 0 aliphatic carbocycles. The van der Waals surface area contributed by atoms with Gasteiger partial charge in [0, 0.05) is 107 Å². The molecule has 18 nitrogen and oxygen atoms in total. The first-order valence-electron chi connectivity index (χ1n) is 27.1. The second-order valence-electron chi connectivity index (χ2n) is 21.7. The van der Waals surface area contributed by atoms with Crippen LogP contribution in [0.15, 0.2) is 54.3 Å². The summed E-state index contributed by atoms with van der Waals surface area (Å²) in [7, 11) is 1.62. The molecule has 5 aromatic rings. The SMILES string of the molecule is CNC(=O)N1CCc2c(c(N3CCCc4cc(-c5cnn(CCNC(=O)CCCCC(=O)N[C@H](C(=O)N6CCC[C@H]6C(=O)NCc6ccc(-c7scnc7C)cc6)C(C)(C)C)c5)c(C(F)F)cc43)nn2C2CCOCC2)C1. The molecule has 77 heavy (non-hydrogen) atoms. The molecule has 2 saturated heterocycles. The molecule has 0 spiro atoms. The quantitative estimate of drug-likeness (QED) is 0.0629. The lowest BCUT2D eigenvalue weighted by molar-refractivity contribution is -0.144.